The Bertz CT molecular complexity index is 1180. The second-order valence-corrected chi connectivity index (χ2v) is 7.17. The van der Waals surface area contributed by atoms with Crippen LogP contribution in [-0.2, 0) is 0 Å². The second kappa shape index (κ2) is 8.28. The summed E-state index contributed by atoms with van der Waals surface area (Å²) in [5, 5.41) is 8.83. The number of para-hydroxylation sites is 1. The maximum absolute atomic E-state index is 12.1. The van der Waals surface area contributed by atoms with E-state index in [1.54, 1.807) is 23.0 Å². The summed E-state index contributed by atoms with van der Waals surface area (Å²) in [7, 11) is 0. The van der Waals surface area contributed by atoms with E-state index < -0.39 is 5.91 Å². The standard InChI is InChI=1S/C22H17BrN4O2/c1-15-6-5-7-16(12-15)21-17(14-27(26-21)18-8-3-2-4-9-18)13-24-25-22(28)19-10-11-20(23)29-19/h2-14H,1H3,(H,25,28)/b24-13+. The van der Waals surface area contributed by atoms with Crippen molar-refractivity contribution < 1.29 is 9.21 Å². The number of carbonyl (C=O) groups is 1. The van der Waals surface area contributed by atoms with Gasteiger partial charge in [-0.3, -0.25) is 4.79 Å². The maximum atomic E-state index is 12.1. The third-order valence-corrected chi connectivity index (χ3v) is 4.65. The molecule has 0 bridgehead atoms. The molecule has 0 atom stereocenters. The lowest BCUT2D eigenvalue weighted by atomic mass is 10.1. The molecule has 0 spiro atoms. The lowest BCUT2D eigenvalue weighted by molar-refractivity contribution is 0.0926. The van der Waals surface area contributed by atoms with E-state index in [0.29, 0.717) is 4.67 Å². The fraction of sp³-hybridized carbons (Fsp3) is 0.0455. The van der Waals surface area contributed by atoms with Gasteiger partial charge < -0.3 is 4.42 Å². The van der Waals surface area contributed by atoms with Gasteiger partial charge in [-0.15, -0.1) is 0 Å². The number of nitrogens with zero attached hydrogens (tertiary/aromatic N) is 3. The first-order valence-electron chi connectivity index (χ1n) is 8.91. The predicted molar refractivity (Wildman–Crippen MR) is 115 cm³/mol. The number of rotatable bonds is 5. The fourth-order valence-corrected chi connectivity index (χ4v) is 3.17. The predicted octanol–water partition coefficient (Wildman–Crippen LogP) is 4.97. The summed E-state index contributed by atoms with van der Waals surface area (Å²) >= 11 is 3.18. The van der Waals surface area contributed by atoms with Crippen molar-refractivity contribution in [3.05, 3.63) is 94.5 Å². The molecule has 2 aromatic heterocycles. The maximum Gasteiger partial charge on any atom is 0.307 e. The number of hydrogen-bond acceptors (Lipinski definition) is 4. The van der Waals surface area contributed by atoms with Crippen LogP contribution in [0.2, 0.25) is 0 Å². The van der Waals surface area contributed by atoms with Crippen molar-refractivity contribution in [2.45, 2.75) is 6.92 Å². The van der Waals surface area contributed by atoms with Crippen LogP contribution in [0, 0.1) is 6.92 Å². The quantitative estimate of drug-likeness (QED) is 0.346. The number of aryl methyl sites for hydroxylation is 1. The van der Waals surface area contributed by atoms with E-state index >= 15 is 0 Å². The van der Waals surface area contributed by atoms with E-state index in [4.69, 9.17) is 9.52 Å². The van der Waals surface area contributed by atoms with Gasteiger partial charge >= 0.3 is 5.91 Å². The molecule has 1 amide bonds. The Kier molecular flexibility index (Phi) is 5.39. The topological polar surface area (TPSA) is 72.4 Å². The molecule has 7 heteroatoms. The van der Waals surface area contributed by atoms with Gasteiger partial charge in [-0.2, -0.15) is 10.2 Å². The summed E-state index contributed by atoms with van der Waals surface area (Å²) in [4.78, 5) is 12.1. The lowest BCUT2D eigenvalue weighted by Gasteiger charge is -2.01. The molecule has 0 fully saturated rings. The van der Waals surface area contributed by atoms with Gasteiger partial charge in [0.15, 0.2) is 10.4 Å². The Hall–Kier alpha value is -3.45. The zero-order chi connectivity index (χ0) is 20.2. The number of carbonyl (C=O) groups excluding carboxylic acids is 1. The van der Waals surface area contributed by atoms with E-state index in [-0.39, 0.29) is 5.76 Å². The molecule has 6 nitrogen and oxygen atoms in total. The van der Waals surface area contributed by atoms with Crippen LogP contribution in [0.4, 0.5) is 0 Å². The Morgan fingerprint density at radius 2 is 1.97 bits per heavy atom. The smallest absolute Gasteiger partial charge is 0.307 e. The molecule has 29 heavy (non-hydrogen) atoms. The molecule has 0 aliphatic heterocycles. The third kappa shape index (κ3) is 4.35. The number of amides is 1. The van der Waals surface area contributed by atoms with Crippen molar-refractivity contribution in [1.82, 2.24) is 15.2 Å². The van der Waals surface area contributed by atoms with Gasteiger partial charge in [-0.05, 0) is 53.2 Å². The summed E-state index contributed by atoms with van der Waals surface area (Å²) in [6.45, 7) is 2.03. The van der Waals surface area contributed by atoms with Crippen LogP contribution in [-0.4, -0.2) is 21.9 Å². The summed E-state index contributed by atoms with van der Waals surface area (Å²) in [5.74, 6) is -0.257. The number of nitrogens with one attached hydrogen (secondary N) is 1. The van der Waals surface area contributed by atoms with Gasteiger partial charge in [0.25, 0.3) is 0 Å². The highest BCUT2D eigenvalue weighted by Crippen LogP contribution is 2.23. The van der Waals surface area contributed by atoms with Gasteiger partial charge in [0.1, 0.15) is 5.69 Å². The summed E-state index contributed by atoms with van der Waals surface area (Å²) in [6.07, 6.45) is 3.46. The average Bonchev–Trinajstić information content (AvgIpc) is 3.35. The van der Waals surface area contributed by atoms with Crippen LogP contribution in [0.15, 0.2) is 87.1 Å². The van der Waals surface area contributed by atoms with Crippen LogP contribution in [0.3, 0.4) is 0 Å². The van der Waals surface area contributed by atoms with Crippen molar-refractivity contribution in [2.24, 2.45) is 5.10 Å². The number of hydrazone groups is 1. The molecule has 0 saturated carbocycles. The highest BCUT2D eigenvalue weighted by molar-refractivity contribution is 9.10. The molecule has 0 aliphatic carbocycles. The van der Waals surface area contributed by atoms with Gasteiger partial charge in [0.2, 0.25) is 0 Å². The first-order valence-corrected chi connectivity index (χ1v) is 9.70. The highest BCUT2D eigenvalue weighted by Gasteiger charge is 2.12. The van der Waals surface area contributed by atoms with Gasteiger partial charge in [-0.25, -0.2) is 10.1 Å². The van der Waals surface area contributed by atoms with Crippen LogP contribution < -0.4 is 5.43 Å². The Labute approximate surface area is 176 Å². The minimum Gasteiger partial charge on any atom is -0.444 e. The molecule has 144 valence electrons. The van der Waals surface area contributed by atoms with Crippen LogP contribution >= 0.6 is 15.9 Å². The lowest BCUT2D eigenvalue weighted by Crippen LogP contribution is -2.16. The number of hydrogen-bond donors (Lipinski definition) is 1. The zero-order valence-electron chi connectivity index (χ0n) is 15.5. The molecule has 4 aromatic rings. The van der Waals surface area contributed by atoms with E-state index in [1.807, 2.05) is 61.7 Å². The molecule has 0 radical (unpaired) electrons. The fourth-order valence-electron chi connectivity index (χ4n) is 2.86. The monoisotopic (exact) mass is 448 g/mol. The van der Waals surface area contributed by atoms with Crippen LogP contribution in [0.25, 0.3) is 16.9 Å². The molecular weight excluding hydrogens is 432 g/mol. The van der Waals surface area contributed by atoms with Crippen molar-refractivity contribution in [3.63, 3.8) is 0 Å². The molecule has 2 heterocycles. The van der Waals surface area contributed by atoms with Crippen molar-refractivity contribution >= 4 is 28.1 Å². The number of furan rings is 1. The van der Waals surface area contributed by atoms with E-state index in [0.717, 1.165) is 28.1 Å². The minimum atomic E-state index is -0.431. The Morgan fingerprint density at radius 3 is 2.69 bits per heavy atom. The van der Waals surface area contributed by atoms with Crippen molar-refractivity contribution in [1.29, 1.82) is 0 Å². The summed E-state index contributed by atoms with van der Waals surface area (Å²) in [5.41, 5.74) is 7.08. The first kappa shape index (κ1) is 18.9. The van der Waals surface area contributed by atoms with E-state index in [1.165, 1.54) is 0 Å². The molecule has 0 saturated heterocycles. The number of halogens is 1. The minimum absolute atomic E-state index is 0.174. The van der Waals surface area contributed by atoms with Crippen molar-refractivity contribution in [2.75, 3.05) is 0 Å². The SMILES string of the molecule is Cc1cccc(-c2nn(-c3ccccc3)cc2/C=N/NC(=O)c2ccc(Br)o2)c1. The summed E-state index contributed by atoms with van der Waals surface area (Å²) < 4.78 is 7.51. The molecule has 1 N–H and O–H groups in total. The molecule has 0 unspecified atom stereocenters. The number of aromatic nitrogens is 2. The molecule has 0 aliphatic rings. The van der Waals surface area contributed by atoms with Crippen LogP contribution in [0.1, 0.15) is 21.7 Å². The van der Waals surface area contributed by atoms with E-state index in [9.17, 15) is 4.79 Å². The number of benzene rings is 2. The first-order chi connectivity index (χ1) is 14.1. The van der Waals surface area contributed by atoms with Gasteiger partial charge in [0, 0.05) is 17.3 Å². The largest absolute Gasteiger partial charge is 0.444 e. The molecule has 4 rings (SSSR count). The summed E-state index contributed by atoms with van der Waals surface area (Å²) in [6, 6.07) is 21.1. The third-order valence-electron chi connectivity index (χ3n) is 4.22. The zero-order valence-corrected chi connectivity index (χ0v) is 17.1. The average molecular weight is 449 g/mol. The molecular formula is C22H17BrN4O2. The molecule has 2 aromatic carbocycles. The normalized spacial score (nSPS) is 11.1. The Balaban J connectivity index is 1.65. The highest BCUT2D eigenvalue weighted by atomic mass is 79.9. The second-order valence-electron chi connectivity index (χ2n) is 6.39. The van der Waals surface area contributed by atoms with Gasteiger partial charge in [0.05, 0.1) is 11.9 Å². The Morgan fingerprint density at radius 1 is 1.14 bits per heavy atom. The van der Waals surface area contributed by atoms with Crippen molar-refractivity contribution in [3.8, 4) is 16.9 Å². The van der Waals surface area contributed by atoms with E-state index in [2.05, 4.69) is 32.5 Å². The van der Waals surface area contributed by atoms with Gasteiger partial charge in [-0.1, -0.05) is 42.0 Å². The van der Waals surface area contributed by atoms with Crippen LogP contribution in [0.5, 0.6) is 0 Å².